The fourth-order valence-electron chi connectivity index (χ4n) is 5.32. The van der Waals surface area contributed by atoms with Crippen molar-refractivity contribution >= 4 is 41.3 Å². The van der Waals surface area contributed by atoms with Crippen LogP contribution in [-0.4, -0.2) is 68.7 Å². The van der Waals surface area contributed by atoms with Crippen molar-refractivity contribution in [3.05, 3.63) is 0 Å². The SMILES string of the molecule is CCCCCCCCCCCC(=O)NC(C(=O)CC(CCC(=O)O)C(=O)NC(C(=O)CC(CCC(=O)O)C(=O)O)C(C)C)C(C)C. The summed E-state index contributed by atoms with van der Waals surface area (Å²) in [7, 11) is 0. The molecule has 0 aromatic carbocycles. The quantitative estimate of drug-likeness (QED) is 0.0701. The molecular weight excluding hydrogens is 596 g/mol. The van der Waals surface area contributed by atoms with Crippen LogP contribution >= 0.6 is 0 Å². The highest BCUT2D eigenvalue weighted by Crippen LogP contribution is 2.20. The molecule has 4 atom stereocenters. The Bertz CT molecular complexity index is 994. The summed E-state index contributed by atoms with van der Waals surface area (Å²) in [5, 5.41) is 33.0. The summed E-state index contributed by atoms with van der Waals surface area (Å²) in [5.74, 6) is -8.81. The maximum absolute atomic E-state index is 13.4. The maximum atomic E-state index is 13.4. The van der Waals surface area contributed by atoms with Crippen molar-refractivity contribution in [2.45, 2.75) is 149 Å². The van der Waals surface area contributed by atoms with Crippen molar-refractivity contribution in [1.29, 1.82) is 0 Å². The summed E-state index contributed by atoms with van der Waals surface area (Å²) in [6.45, 7) is 9.01. The predicted octanol–water partition coefficient (Wildman–Crippen LogP) is 5.15. The summed E-state index contributed by atoms with van der Waals surface area (Å²) in [6.07, 6.45) is 8.08. The van der Waals surface area contributed by atoms with Crippen molar-refractivity contribution in [3.8, 4) is 0 Å². The van der Waals surface area contributed by atoms with Gasteiger partial charge in [-0.1, -0.05) is 86.0 Å². The minimum absolute atomic E-state index is 0.181. The molecule has 46 heavy (non-hydrogen) atoms. The molecule has 0 aliphatic rings. The van der Waals surface area contributed by atoms with Crippen LogP contribution in [0.4, 0.5) is 0 Å². The Labute approximate surface area is 273 Å². The van der Waals surface area contributed by atoms with Crippen LogP contribution in [0.25, 0.3) is 0 Å². The van der Waals surface area contributed by atoms with Crippen LogP contribution in [0.2, 0.25) is 0 Å². The Morgan fingerprint density at radius 3 is 1.39 bits per heavy atom. The third-order valence-electron chi connectivity index (χ3n) is 8.18. The Kier molecular flexibility index (Phi) is 22.2. The highest BCUT2D eigenvalue weighted by molar-refractivity contribution is 5.95. The summed E-state index contributed by atoms with van der Waals surface area (Å²) in [4.78, 5) is 86.4. The molecule has 0 fully saturated rings. The average Bonchev–Trinajstić information content (AvgIpc) is 2.96. The number of aliphatic carboxylic acids is 3. The topological polar surface area (TPSA) is 204 Å². The van der Waals surface area contributed by atoms with E-state index in [1.807, 2.05) is 0 Å². The van der Waals surface area contributed by atoms with Crippen LogP contribution in [0.1, 0.15) is 137 Å². The van der Waals surface area contributed by atoms with Crippen LogP contribution in [-0.2, 0) is 33.6 Å². The molecule has 0 heterocycles. The minimum atomic E-state index is -1.33. The van der Waals surface area contributed by atoms with Crippen molar-refractivity contribution in [2.75, 3.05) is 0 Å². The first-order valence-corrected chi connectivity index (χ1v) is 16.9. The number of nitrogens with one attached hydrogen (secondary N) is 2. The summed E-state index contributed by atoms with van der Waals surface area (Å²) < 4.78 is 0. The number of carboxylic acid groups (broad SMARTS) is 3. The third-order valence-corrected chi connectivity index (χ3v) is 8.18. The number of hydrogen-bond acceptors (Lipinski definition) is 7. The summed E-state index contributed by atoms with van der Waals surface area (Å²) in [6, 6.07) is -2.00. The Hall–Kier alpha value is -3.31. The largest absolute Gasteiger partial charge is 0.481 e. The number of hydrogen-bond donors (Lipinski definition) is 5. The lowest BCUT2D eigenvalue weighted by Gasteiger charge is -2.27. The summed E-state index contributed by atoms with van der Waals surface area (Å²) >= 11 is 0. The van der Waals surface area contributed by atoms with Crippen LogP contribution < -0.4 is 10.6 Å². The van der Waals surface area contributed by atoms with Gasteiger partial charge in [-0.2, -0.15) is 0 Å². The molecule has 0 aliphatic carbocycles. The molecule has 2 amide bonds. The minimum Gasteiger partial charge on any atom is -0.481 e. The maximum Gasteiger partial charge on any atom is 0.306 e. The van der Waals surface area contributed by atoms with Gasteiger partial charge in [0.1, 0.15) is 0 Å². The molecule has 0 rings (SSSR count). The lowest BCUT2D eigenvalue weighted by atomic mass is 9.87. The molecule has 264 valence electrons. The zero-order valence-corrected chi connectivity index (χ0v) is 28.5. The molecule has 4 unspecified atom stereocenters. The van der Waals surface area contributed by atoms with Gasteiger partial charge in [0.2, 0.25) is 11.8 Å². The lowest BCUT2D eigenvalue weighted by molar-refractivity contribution is -0.145. The van der Waals surface area contributed by atoms with E-state index in [-0.39, 0.29) is 37.5 Å². The number of amides is 2. The number of carbonyl (C=O) groups excluding carboxylic acids is 4. The van der Waals surface area contributed by atoms with Gasteiger partial charge in [0.15, 0.2) is 11.6 Å². The first-order chi connectivity index (χ1) is 21.6. The Balaban J connectivity index is 5.39. The number of carbonyl (C=O) groups is 7. The van der Waals surface area contributed by atoms with E-state index in [0.29, 0.717) is 6.42 Å². The molecule has 0 saturated carbocycles. The average molecular weight is 655 g/mol. The fourth-order valence-corrected chi connectivity index (χ4v) is 5.32. The monoisotopic (exact) mass is 654 g/mol. The molecular formula is C34H58N2O10. The van der Waals surface area contributed by atoms with Gasteiger partial charge in [0, 0.05) is 38.0 Å². The standard InChI is InChI=1S/C34H58N2O10/c1-6-7-8-9-10-11-12-13-14-15-28(39)35-31(22(2)3)26(37)20-24(16-18-29(40)41)33(44)36-32(23(4)5)27(38)21-25(34(45)46)17-19-30(42)43/h22-25,31-32H,6-21H2,1-5H3,(H,35,39)(H,36,44)(H,40,41)(H,42,43)(H,45,46). The van der Waals surface area contributed by atoms with Crippen LogP contribution in [0, 0.1) is 23.7 Å². The molecule has 12 heteroatoms. The third kappa shape index (κ3) is 19.3. The van der Waals surface area contributed by atoms with Crippen molar-refractivity contribution in [1.82, 2.24) is 10.6 Å². The van der Waals surface area contributed by atoms with E-state index in [2.05, 4.69) is 17.6 Å². The van der Waals surface area contributed by atoms with Gasteiger partial charge in [0.05, 0.1) is 18.0 Å². The number of unbranched alkanes of at least 4 members (excludes halogenated alkanes) is 8. The molecule has 0 saturated heterocycles. The lowest BCUT2D eigenvalue weighted by Crippen LogP contribution is -2.49. The first-order valence-electron chi connectivity index (χ1n) is 16.9. The molecule has 0 spiro atoms. The van der Waals surface area contributed by atoms with E-state index in [0.717, 1.165) is 19.3 Å². The predicted molar refractivity (Wildman–Crippen MR) is 173 cm³/mol. The molecule has 5 N–H and O–H groups in total. The van der Waals surface area contributed by atoms with Gasteiger partial charge >= 0.3 is 17.9 Å². The highest BCUT2D eigenvalue weighted by Gasteiger charge is 2.34. The smallest absolute Gasteiger partial charge is 0.306 e. The van der Waals surface area contributed by atoms with Gasteiger partial charge in [-0.25, -0.2) is 0 Å². The van der Waals surface area contributed by atoms with E-state index in [9.17, 15) is 43.8 Å². The zero-order valence-electron chi connectivity index (χ0n) is 28.5. The second kappa shape index (κ2) is 23.9. The first kappa shape index (κ1) is 42.7. The number of rotatable bonds is 28. The van der Waals surface area contributed by atoms with E-state index in [4.69, 9.17) is 5.11 Å². The van der Waals surface area contributed by atoms with Gasteiger partial charge in [-0.15, -0.1) is 0 Å². The second-order valence-corrected chi connectivity index (χ2v) is 13.0. The van der Waals surface area contributed by atoms with Crippen LogP contribution in [0.5, 0.6) is 0 Å². The Morgan fingerprint density at radius 2 is 0.957 bits per heavy atom. The molecule has 0 bridgehead atoms. The van der Waals surface area contributed by atoms with E-state index < -0.39 is 84.5 Å². The number of carboxylic acids is 3. The highest BCUT2D eigenvalue weighted by atomic mass is 16.4. The molecule has 0 aromatic rings. The van der Waals surface area contributed by atoms with Gasteiger partial charge in [-0.3, -0.25) is 33.6 Å². The summed E-state index contributed by atoms with van der Waals surface area (Å²) in [5.41, 5.74) is 0. The van der Waals surface area contributed by atoms with E-state index >= 15 is 0 Å². The molecule has 0 aromatic heterocycles. The van der Waals surface area contributed by atoms with Gasteiger partial charge in [-0.05, 0) is 31.1 Å². The van der Waals surface area contributed by atoms with Crippen molar-refractivity contribution < 1.29 is 48.9 Å². The van der Waals surface area contributed by atoms with E-state index in [1.54, 1.807) is 27.7 Å². The Morgan fingerprint density at radius 1 is 0.543 bits per heavy atom. The fraction of sp³-hybridized carbons (Fsp3) is 0.794. The van der Waals surface area contributed by atoms with E-state index in [1.165, 1.54) is 32.1 Å². The van der Waals surface area contributed by atoms with Crippen molar-refractivity contribution in [3.63, 3.8) is 0 Å². The van der Waals surface area contributed by atoms with Crippen LogP contribution in [0.15, 0.2) is 0 Å². The van der Waals surface area contributed by atoms with Gasteiger partial charge < -0.3 is 26.0 Å². The van der Waals surface area contributed by atoms with Gasteiger partial charge in [0.25, 0.3) is 0 Å². The number of Topliss-reactive ketones (excluding diaryl/α,β-unsaturated/α-hetero) is 2. The van der Waals surface area contributed by atoms with Crippen molar-refractivity contribution in [2.24, 2.45) is 23.7 Å². The number of ketones is 2. The van der Waals surface area contributed by atoms with Crippen LogP contribution in [0.3, 0.4) is 0 Å². The molecule has 12 nitrogen and oxygen atoms in total. The normalized spacial score (nSPS) is 13.9. The zero-order chi connectivity index (χ0) is 35.2. The molecule has 0 aliphatic heterocycles. The molecule has 0 radical (unpaired) electrons. The second-order valence-electron chi connectivity index (χ2n) is 13.0.